The molecule has 2 aliphatic rings. The first-order chi connectivity index (χ1) is 10.1. The average Bonchev–Trinajstić information content (AvgIpc) is 3.22. The summed E-state index contributed by atoms with van der Waals surface area (Å²) in [6, 6.07) is 0. The molecular formula is C14H20N4O3. The Morgan fingerprint density at radius 2 is 1.90 bits per heavy atom. The summed E-state index contributed by atoms with van der Waals surface area (Å²) in [6.45, 7) is 0.568. The largest absolute Gasteiger partial charge is 0.481 e. The Morgan fingerprint density at radius 3 is 2.52 bits per heavy atom. The van der Waals surface area contributed by atoms with E-state index in [0.717, 1.165) is 31.5 Å². The van der Waals surface area contributed by atoms with Crippen LogP contribution in [-0.2, 0) is 4.79 Å². The first-order valence-electron chi connectivity index (χ1n) is 7.56. The normalized spacial score (nSPS) is 25.5. The quantitative estimate of drug-likeness (QED) is 0.758. The lowest BCUT2D eigenvalue weighted by Crippen LogP contribution is -2.33. The Balaban J connectivity index is 1.44. The van der Waals surface area contributed by atoms with E-state index in [1.165, 1.54) is 0 Å². The highest BCUT2D eigenvalue weighted by molar-refractivity contribution is 5.90. The van der Waals surface area contributed by atoms with Gasteiger partial charge in [0.15, 0.2) is 0 Å². The molecule has 1 aromatic rings. The van der Waals surface area contributed by atoms with Crippen molar-refractivity contribution in [3.8, 4) is 0 Å². The Labute approximate surface area is 122 Å². The lowest BCUT2D eigenvalue weighted by molar-refractivity contribution is -0.143. The number of carbonyl (C=O) groups is 2. The van der Waals surface area contributed by atoms with Crippen molar-refractivity contribution in [2.45, 2.75) is 44.4 Å². The van der Waals surface area contributed by atoms with Gasteiger partial charge in [-0.15, -0.1) is 5.10 Å². The van der Waals surface area contributed by atoms with Gasteiger partial charge in [0, 0.05) is 12.5 Å². The Hall–Kier alpha value is -1.92. The minimum absolute atomic E-state index is 0.205. The van der Waals surface area contributed by atoms with Crippen molar-refractivity contribution in [2.75, 3.05) is 6.54 Å². The van der Waals surface area contributed by atoms with E-state index in [4.69, 9.17) is 5.11 Å². The number of aromatic amines is 1. The van der Waals surface area contributed by atoms with Crippen molar-refractivity contribution in [1.29, 1.82) is 0 Å². The number of hydrogen-bond donors (Lipinski definition) is 3. The third kappa shape index (κ3) is 3.40. The molecule has 7 heteroatoms. The second kappa shape index (κ2) is 5.83. The summed E-state index contributed by atoms with van der Waals surface area (Å²) in [5, 5.41) is 18.6. The first-order valence-corrected chi connectivity index (χ1v) is 7.56. The van der Waals surface area contributed by atoms with E-state index in [1.54, 1.807) is 0 Å². The van der Waals surface area contributed by atoms with E-state index >= 15 is 0 Å². The van der Waals surface area contributed by atoms with Gasteiger partial charge in [0.25, 0.3) is 5.91 Å². The number of nitrogens with one attached hydrogen (secondary N) is 2. The van der Waals surface area contributed by atoms with Crippen LogP contribution in [0.5, 0.6) is 0 Å². The molecule has 21 heavy (non-hydrogen) atoms. The number of carbonyl (C=O) groups excluding carboxylic acids is 1. The smallest absolute Gasteiger partial charge is 0.306 e. The molecule has 2 fully saturated rings. The third-order valence-electron chi connectivity index (χ3n) is 4.42. The fourth-order valence-electron chi connectivity index (χ4n) is 2.84. The predicted molar refractivity (Wildman–Crippen MR) is 73.8 cm³/mol. The average molecular weight is 292 g/mol. The highest BCUT2D eigenvalue weighted by Crippen LogP contribution is 2.37. The molecule has 0 unspecified atom stereocenters. The van der Waals surface area contributed by atoms with Crippen molar-refractivity contribution in [3.05, 3.63) is 11.6 Å². The maximum Gasteiger partial charge on any atom is 0.306 e. The van der Waals surface area contributed by atoms with Crippen LogP contribution in [0.15, 0.2) is 0 Å². The molecule has 0 aromatic carbocycles. The molecule has 0 saturated heterocycles. The SMILES string of the molecule is O=C(NCC1CCC(C(=O)O)CC1)c1n[nH]c(C2CC2)n1. The standard InChI is InChI=1S/C14H20N4O3/c19-13(12-16-11(17-18-12)9-5-6-9)15-7-8-1-3-10(4-2-8)14(20)21/h8-10H,1-7H2,(H,15,19)(H,20,21)(H,16,17,18). The summed E-state index contributed by atoms with van der Waals surface area (Å²) in [5.74, 6) is 0.644. The molecule has 2 aliphatic carbocycles. The Morgan fingerprint density at radius 1 is 1.19 bits per heavy atom. The molecule has 3 N–H and O–H groups in total. The Bertz CT molecular complexity index is 530. The van der Waals surface area contributed by atoms with Gasteiger partial charge in [0.05, 0.1) is 5.92 Å². The second-order valence-electron chi connectivity index (χ2n) is 6.08. The Kier molecular flexibility index (Phi) is 3.90. The predicted octanol–water partition coefficient (Wildman–Crippen LogP) is 1.30. The van der Waals surface area contributed by atoms with E-state index in [1.807, 2.05) is 0 Å². The fourth-order valence-corrected chi connectivity index (χ4v) is 2.84. The van der Waals surface area contributed by atoms with Gasteiger partial charge >= 0.3 is 5.97 Å². The molecule has 0 aliphatic heterocycles. The maximum absolute atomic E-state index is 12.0. The van der Waals surface area contributed by atoms with E-state index in [9.17, 15) is 9.59 Å². The molecular weight excluding hydrogens is 272 g/mol. The number of aromatic nitrogens is 3. The number of hydrogen-bond acceptors (Lipinski definition) is 4. The minimum Gasteiger partial charge on any atom is -0.481 e. The molecule has 0 spiro atoms. The van der Waals surface area contributed by atoms with Crippen LogP contribution < -0.4 is 5.32 Å². The summed E-state index contributed by atoms with van der Waals surface area (Å²) in [7, 11) is 0. The number of aliphatic carboxylic acids is 1. The van der Waals surface area contributed by atoms with Gasteiger partial charge in [-0.05, 0) is 44.4 Å². The van der Waals surface area contributed by atoms with Crippen LogP contribution in [0.2, 0.25) is 0 Å². The highest BCUT2D eigenvalue weighted by atomic mass is 16.4. The van der Waals surface area contributed by atoms with E-state index in [-0.39, 0.29) is 17.6 Å². The molecule has 2 saturated carbocycles. The van der Waals surface area contributed by atoms with E-state index < -0.39 is 5.97 Å². The van der Waals surface area contributed by atoms with Crippen LogP contribution in [0.25, 0.3) is 0 Å². The van der Waals surface area contributed by atoms with Crippen molar-refractivity contribution in [1.82, 2.24) is 20.5 Å². The van der Waals surface area contributed by atoms with Gasteiger partial charge in [0.1, 0.15) is 5.82 Å². The van der Waals surface area contributed by atoms with Gasteiger partial charge in [-0.2, -0.15) is 0 Å². The van der Waals surface area contributed by atoms with Crippen molar-refractivity contribution < 1.29 is 14.7 Å². The molecule has 7 nitrogen and oxygen atoms in total. The second-order valence-corrected chi connectivity index (χ2v) is 6.08. The topological polar surface area (TPSA) is 108 Å². The monoisotopic (exact) mass is 292 g/mol. The molecule has 114 valence electrons. The van der Waals surface area contributed by atoms with Crippen molar-refractivity contribution in [2.24, 2.45) is 11.8 Å². The molecule has 0 bridgehead atoms. The summed E-state index contributed by atoms with van der Waals surface area (Å²) in [5.41, 5.74) is 0. The number of rotatable bonds is 5. The van der Waals surface area contributed by atoms with Crippen molar-refractivity contribution >= 4 is 11.9 Å². The van der Waals surface area contributed by atoms with Crippen LogP contribution in [0.1, 0.15) is 60.9 Å². The number of nitrogens with zero attached hydrogens (tertiary/aromatic N) is 2. The van der Waals surface area contributed by atoms with Gasteiger partial charge < -0.3 is 10.4 Å². The molecule has 0 radical (unpaired) electrons. The number of amides is 1. The van der Waals surface area contributed by atoms with Gasteiger partial charge in [-0.25, -0.2) is 4.98 Å². The zero-order valence-corrected chi connectivity index (χ0v) is 11.8. The zero-order valence-electron chi connectivity index (χ0n) is 11.8. The van der Waals surface area contributed by atoms with Gasteiger partial charge in [0.2, 0.25) is 5.82 Å². The third-order valence-corrected chi connectivity index (χ3v) is 4.42. The van der Waals surface area contributed by atoms with E-state index in [2.05, 4.69) is 20.5 Å². The zero-order chi connectivity index (χ0) is 14.8. The van der Waals surface area contributed by atoms with Crippen LogP contribution in [0.4, 0.5) is 0 Å². The summed E-state index contributed by atoms with van der Waals surface area (Å²) < 4.78 is 0. The van der Waals surface area contributed by atoms with Crippen molar-refractivity contribution in [3.63, 3.8) is 0 Å². The van der Waals surface area contributed by atoms with E-state index in [0.29, 0.717) is 31.2 Å². The number of carboxylic acids is 1. The van der Waals surface area contributed by atoms with Crippen LogP contribution in [-0.4, -0.2) is 38.7 Å². The first kappa shape index (κ1) is 14.0. The minimum atomic E-state index is -0.703. The lowest BCUT2D eigenvalue weighted by atomic mass is 9.82. The van der Waals surface area contributed by atoms with Crippen LogP contribution in [0.3, 0.4) is 0 Å². The van der Waals surface area contributed by atoms with Crippen LogP contribution in [0, 0.1) is 11.8 Å². The van der Waals surface area contributed by atoms with Crippen LogP contribution >= 0.6 is 0 Å². The number of H-pyrrole nitrogens is 1. The molecule has 0 atom stereocenters. The maximum atomic E-state index is 12.0. The number of carboxylic acid groups (broad SMARTS) is 1. The molecule has 3 rings (SSSR count). The fraction of sp³-hybridized carbons (Fsp3) is 0.714. The molecule has 1 aromatic heterocycles. The summed E-state index contributed by atoms with van der Waals surface area (Å²) in [6.07, 6.45) is 5.31. The molecule has 1 amide bonds. The lowest BCUT2D eigenvalue weighted by Gasteiger charge is -2.25. The highest BCUT2D eigenvalue weighted by Gasteiger charge is 2.29. The molecule has 1 heterocycles. The van der Waals surface area contributed by atoms with Gasteiger partial charge in [-0.3, -0.25) is 14.7 Å². The summed E-state index contributed by atoms with van der Waals surface area (Å²) >= 11 is 0. The summed E-state index contributed by atoms with van der Waals surface area (Å²) in [4.78, 5) is 27.1. The van der Waals surface area contributed by atoms with Gasteiger partial charge in [-0.1, -0.05) is 0 Å².